The molecule has 0 radical (unpaired) electrons. The van der Waals surface area contributed by atoms with E-state index in [1.54, 1.807) is 0 Å². The fourth-order valence-electron chi connectivity index (χ4n) is 3.03. The van der Waals surface area contributed by atoms with E-state index in [2.05, 4.69) is 45.1 Å². The third kappa shape index (κ3) is 1.92. The molecule has 1 aliphatic carbocycles. The maximum Gasteiger partial charge on any atom is 0.0465 e. The van der Waals surface area contributed by atoms with Crippen molar-refractivity contribution in [1.82, 2.24) is 4.90 Å². The van der Waals surface area contributed by atoms with E-state index in [1.807, 2.05) is 0 Å². The molecule has 2 aliphatic rings. The van der Waals surface area contributed by atoms with E-state index >= 15 is 0 Å². The summed E-state index contributed by atoms with van der Waals surface area (Å²) >= 11 is 3.50. The number of fused-ring (bicyclic) bond motifs is 1. The quantitative estimate of drug-likeness (QED) is 0.918. The van der Waals surface area contributed by atoms with Crippen LogP contribution in [0.5, 0.6) is 0 Å². The molecule has 1 aromatic carbocycles. The molecule has 2 unspecified atom stereocenters. The lowest BCUT2D eigenvalue weighted by Crippen LogP contribution is -2.24. The second kappa shape index (κ2) is 4.13. The molecule has 1 aliphatic heterocycles. The Hall–Kier alpha value is -0.380. The van der Waals surface area contributed by atoms with Gasteiger partial charge in [-0.2, -0.15) is 0 Å². The zero-order chi connectivity index (χ0) is 11.1. The first-order valence-corrected chi connectivity index (χ1v) is 6.65. The minimum Gasteiger partial charge on any atom is -0.396 e. The highest BCUT2D eigenvalue weighted by Gasteiger charge is 2.54. The van der Waals surface area contributed by atoms with Crippen molar-refractivity contribution in [3.63, 3.8) is 0 Å². The highest BCUT2D eigenvalue weighted by molar-refractivity contribution is 9.10. The van der Waals surface area contributed by atoms with Crippen molar-refractivity contribution in [1.29, 1.82) is 0 Å². The molecule has 3 rings (SSSR count). The number of aliphatic hydroxyl groups is 1. The van der Waals surface area contributed by atoms with Crippen molar-refractivity contribution in [2.75, 3.05) is 19.7 Å². The van der Waals surface area contributed by atoms with Gasteiger partial charge in [0.15, 0.2) is 0 Å². The molecule has 0 spiro atoms. The summed E-state index contributed by atoms with van der Waals surface area (Å²) in [5.74, 6) is 2.16. The van der Waals surface area contributed by atoms with Crippen LogP contribution >= 0.6 is 15.9 Å². The van der Waals surface area contributed by atoms with Gasteiger partial charge in [0.2, 0.25) is 0 Å². The maximum atomic E-state index is 9.10. The largest absolute Gasteiger partial charge is 0.396 e. The number of piperidine rings is 1. The van der Waals surface area contributed by atoms with Crippen molar-refractivity contribution in [3.8, 4) is 0 Å². The number of hydrogen-bond donors (Lipinski definition) is 1. The van der Waals surface area contributed by atoms with Gasteiger partial charge in [0.05, 0.1) is 0 Å². The topological polar surface area (TPSA) is 23.5 Å². The molecule has 0 aromatic heterocycles. The van der Waals surface area contributed by atoms with E-state index in [0.29, 0.717) is 12.5 Å². The van der Waals surface area contributed by atoms with Gasteiger partial charge < -0.3 is 5.11 Å². The number of likely N-dealkylation sites (tertiary alicyclic amines) is 1. The summed E-state index contributed by atoms with van der Waals surface area (Å²) in [6, 6.07) is 8.52. The Kier molecular flexibility index (Phi) is 2.78. The van der Waals surface area contributed by atoms with Crippen LogP contribution in [0.2, 0.25) is 0 Å². The van der Waals surface area contributed by atoms with Crippen LogP contribution in [0.4, 0.5) is 0 Å². The Balaban J connectivity index is 1.58. The molecule has 3 heteroatoms. The first-order valence-electron chi connectivity index (χ1n) is 5.85. The number of benzene rings is 1. The lowest BCUT2D eigenvalue weighted by molar-refractivity contribution is 0.217. The monoisotopic (exact) mass is 281 g/mol. The summed E-state index contributed by atoms with van der Waals surface area (Å²) in [5.41, 5.74) is 1.37. The Morgan fingerprint density at radius 1 is 1.31 bits per heavy atom. The molecule has 1 saturated carbocycles. The molecule has 1 aromatic rings. The lowest BCUT2D eigenvalue weighted by atomic mass is 10.2. The predicted octanol–water partition coefficient (Wildman–Crippen LogP) is 2.12. The SMILES string of the molecule is OCC1C2CN(Cc3cccc(Br)c3)CC12. The molecule has 2 atom stereocenters. The van der Waals surface area contributed by atoms with Gasteiger partial charge in [-0.3, -0.25) is 4.90 Å². The van der Waals surface area contributed by atoms with Gasteiger partial charge >= 0.3 is 0 Å². The first-order chi connectivity index (χ1) is 7.78. The average molecular weight is 282 g/mol. The second-order valence-electron chi connectivity index (χ2n) is 5.00. The van der Waals surface area contributed by atoms with Crippen molar-refractivity contribution >= 4 is 15.9 Å². The molecule has 0 amide bonds. The molecular formula is C13H16BrNO. The Morgan fingerprint density at radius 2 is 2.06 bits per heavy atom. The summed E-state index contributed by atoms with van der Waals surface area (Å²) in [4.78, 5) is 2.50. The normalized spacial score (nSPS) is 32.8. The van der Waals surface area contributed by atoms with Crippen LogP contribution in [0.25, 0.3) is 0 Å². The van der Waals surface area contributed by atoms with E-state index in [9.17, 15) is 0 Å². The second-order valence-corrected chi connectivity index (χ2v) is 5.91. The number of aliphatic hydroxyl groups excluding tert-OH is 1. The zero-order valence-electron chi connectivity index (χ0n) is 9.14. The molecule has 1 N–H and O–H groups in total. The number of nitrogens with zero attached hydrogens (tertiary/aromatic N) is 1. The minimum absolute atomic E-state index is 0.389. The summed E-state index contributed by atoms with van der Waals surface area (Å²) in [6.45, 7) is 3.77. The molecule has 1 heterocycles. The van der Waals surface area contributed by atoms with E-state index in [1.165, 1.54) is 18.7 Å². The van der Waals surface area contributed by atoms with Crippen molar-refractivity contribution in [3.05, 3.63) is 34.3 Å². The van der Waals surface area contributed by atoms with Gasteiger partial charge in [-0.1, -0.05) is 28.1 Å². The molecule has 2 fully saturated rings. The van der Waals surface area contributed by atoms with Gasteiger partial charge in [0.25, 0.3) is 0 Å². The zero-order valence-corrected chi connectivity index (χ0v) is 10.7. The maximum absolute atomic E-state index is 9.10. The van der Waals surface area contributed by atoms with Crippen LogP contribution in [-0.4, -0.2) is 29.7 Å². The van der Waals surface area contributed by atoms with Gasteiger partial charge in [0.1, 0.15) is 0 Å². The van der Waals surface area contributed by atoms with Gasteiger partial charge in [-0.05, 0) is 35.4 Å². The Labute approximate surface area is 104 Å². The van der Waals surface area contributed by atoms with E-state index in [4.69, 9.17) is 5.11 Å². The van der Waals surface area contributed by atoms with Crippen molar-refractivity contribution < 1.29 is 5.11 Å². The van der Waals surface area contributed by atoms with Gasteiger partial charge in [0, 0.05) is 30.7 Å². The fourth-order valence-corrected chi connectivity index (χ4v) is 3.48. The number of halogens is 1. The van der Waals surface area contributed by atoms with Gasteiger partial charge in [-0.25, -0.2) is 0 Å². The number of rotatable bonds is 3. The molecule has 86 valence electrons. The summed E-state index contributed by atoms with van der Waals surface area (Å²) in [5, 5.41) is 9.10. The number of hydrogen-bond acceptors (Lipinski definition) is 2. The first kappa shape index (κ1) is 10.8. The third-order valence-electron chi connectivity index (χ3n) is 3.95. The summed E-state index contributed by atoms with van der Waals surface area (Å²) < 4.78 is 1.16. The standard InChI is InChI=1S/C13H16BrNO/c14-10-3-1-2-9(4-10)5-15-6-11-12(7-15)13(11)8-16/h1-4,11-13,16H,5-8H2. The smallest absolute Gasteiger partial charge is 0.0465 e. The summed E-state index contributed by atoms with van der Waals surface area (Å²) in [7, 11) is 0. The van der Waals surface area contributed by atoms with Crippen LogP contribution in [0, 0.1) is 17.8 Å². The molecule has 0 bridgehead atoms. The van der Waals surface area contributed by atoms with E-state index < -0.39 is 0 Å². The van der Waals surface area contributed by atoms with E-state index in [0.717, 1.165) is 22.9 Å². The van der Waals surface area contributed by atoms with Crippen LogP contribution in [0.15, 0.2) is 28.7 Å². The third-order valence-corrected chi connectivity index (χ3v) is 4.45. The molecule has 16 heavy (non-hydrogen) atoms. The van der Waals surface area contributed by atoms with Crippen LogP contribution in [0.3, 0.4) is 0 Å². The van der Waals surface area contributed by atoms with Crippen molar-refractivity contribution in [2.45, 2.75) is 6.54 Å². The van der Waals surface area contributed by atoms with Crippen molar-refractivity contribution in [2.24, 2.45) is 17.8 Å². The Bertz CT molecular complexity index is 383. The van der Waals surface area contributed by atoms with Gasteiger partial charge in [-0.15, -0.1) is 0 Å². The summed E-state index contributed by atoms with van der Waals surface area (Å²) in [6.07, 6.45) is 0. The van der Waals surface area contributed by atoms with Crippen LogP contribution in [0.1, 0.15) is 5.56 Å². The predicted molar refractivity (Wildman–Crippen MR) is 67.0 cm³/mol. The van der Waals surface area contributed by atoms with Crippen LogP contribution < -0.4 is 0 Å². The molecule has 2 nitrogen and oxygen atoms in total. The highest BCUT2D eigenvalue weighted by Crippen LogP contribution is 2.51. The van der Waals surface area contributed by atoms with Crippen LogP contribution in [-0.2, 0) is 6.54 Å². The molecular weight excluding hydrogens is 266 g/mol. The van der Waals surface area contributed by atoms with E-state index in [-0.39, 0.29) is 0 Å². The molecule has 1 saturated heterocycles. The Morgan fingerprint density at radius 3 is 2.69 bits per heavy atom. The lowest BCUT2D eigenvalue weighted by Gasteiger charge is -2.19. The minimum atomic E-state index is 0.389. The average Bonchev–Trinajstić information content (AvgIpc) is 2.73. The fraction of sp³-hybridized carbons (Fsp3) is 0.538. The highest BCUT2D eigenvalue weighted by atomic mass is 79.9.